The molecule has 0 saturated carbocycles. The zero-order chi connectivity index (χ0) is 13.5. The highest BCUT2D eigenvalue weighted by molar-refractivity contribution is 5.35. The molecule has 0 fully saturated rings. The first-order valence-electron chi connectivity index (χ1n) is 5.87. The van der Waals surface area contributed by atoms with Crippen LogP contribution in [0.5, 0.6) is 6.01 Å². The van der Waals surface area contributed by atoms with E-state index in [1.54, 1.807) is 0 Å². The van der Waals surface area contributed by atoms with E-state index in [1.165, 1.54) is 0 Å². The summed E-state index contributed by atoms with van der Waals surface area (Å²) in [5, 5.41) is 8.61. The molecular weight excluding hydrogens is 232 g/mol. The number of nitrogen functional groups attached to an aromatic ring is 1. The van der Waals surface area contributed by atoms with Crippen LogP contribution < -0.4 is 15.4 Å². The Morgan fingerprint density at radius 3 is 2.67 bits per heavy atom. The average molecular weight is 250 g/mol. The van der Waals surface area contributed by atoms with E-state index >= 15 is 0 Å². The van der Waals surface area contributed by atoms with Gasteiger partial charge in [0.2, 0.25) is 11.9 Å². The van der Waals surface area contributed by atoms with Crippen molar-refractivity contribution in [3.05, 3.63) is 0 Å². The summed E-state index contributed by atoms with van der Waals surface area (Å²) in [6.07, 6.45) is 0.369. The van der Waals surface area contributed by atoms with Crippen molar-refractivity contribution in [2.45, 2.75) is 33.3 Å². The fourth-order valence-electron chi connectivity index (χ4n) is 1.35. The minimum atomic E-state index is -0.0335. The molecule has 0 saturated heterocycles. The highest BCUT2D eigenvalue weighted by atomic mass is 16.5. The summed E-state index contributed by atoms with van der Waals surface area (Å²) >= 11 is 0. The predicted octanol–water partition coefficient (Wildman–Crippen LogP) is 0.981. The van der Waals surface area contributed by atoms with E-state index in [0.717, 1.165) is 0 Å². The molecule has 0 aliphatic heterocycles. The van der Waals surface area contributed by atoms with Crippen LogP contribution in [0.1, 0.15) is 27.2 Å². The van der Waals surface area contributed by atoms with E-state index in [2.05, 4.69) is 21.0 Å². The van der Waals surface area contributed by atoms with Crippen LogP contribution in [-0.2, 0) is 0 Å². The lowest BCUT2D eigenvalue weighted by Gasteiger charge is -2.19. The van der Waals surface area contributed by atoms with Crippen LogP contribution in [0.4, 0.5) is 11.9 Å². The van der Waals surface area contributed by atoms with Gasteiger partial charge in [0.15, 0.2) is 0 Å². The molecule has 0 bridgehead atoms. The molecule has 1 rings (SSSR count). The second-order valence-electron chi connectivity index (χ2n) is 3.93. The second kappa shape index (κ2) is 6.59. The molecule has 0 amide bonds. The van der Waals surface area contributed by atoms with Crippen molar-refractivity contribution in [1.82, 2.24) is 15.0 Å². The van der Waals surface area contributed by atoms with Gasteiger partial charge in [0.25, 0.3) is 0 Å². The molecule has 98 valence electrons. The Labute approximate surface area is 107 Å². The monoisotopic (exact) mass is 250 g/mol. The highest BCUT2D eigenvalue weighted by Gasteiger charge is 2.12. The Morgan fingerprint density at radius 1 is 1.39 bits per heavy atom. The number of nitriles is 1. The molecule has 0 radical (unpaired) electrons. The van der Waals surface area contributed by atoms with Crippen LogP contribution in [0.2, 0.25) is 0 Å². The number of nitrogens with zero attached hydrogens (tertiary/aromatic N) is 5. The predicted molar refractivity (Wildman–Crippen MR) is 68.1 cm³/mol. The quantitative estimate of drug-likeness (QED) is 0.803. The van der Waals surface area contributed by atoms with Gasteiger partial charge < -0.3 is 15.4 Å². The minimum absolute atomic E-state index is 0.0335. The summed E-state index contributed by atoms with van der Waals surface area (Å²) in [6.45, 7) is 6.96. The molecule has 1 heterocycles. The summed E-state index contributed by atoms with van der Waals surface area (Å²) in [5.41, 5.74) is 5.62. The number of ether oxygens (including phenoxy) is 1. The summed E-state index contributed by atoms with van der Waals surface area (Å²) < 4.78 is 5.40. The van der Waals surface area contributed by atoms with Crippen LogP contribution in [-0.4, -0.2) is 34.1 Å². The highest BCUT2D eigenvalue weighted by Crippen LogP contribution is 2.14. The average Bonchev–Trinajstić information content (AvgIpc) is 2.28. The van der Waals surface area contributed by atoms with E-state index in [-0.39, 0.29) is 18.1 Å². The third-order valence-electron chi connectivity index (χ3n) is 2.12. The van der Waals surface area contributed by atoms with Crippen molar-refractivity contribution >= 4 is 11.9 Å². The zero-order valence-corrected chi connectivity index (χ0v) is 10.9. The molecule has 1 aromatic heterocycles. The lowest BCUT2D eigenvalue weighted by Crippen LogP contribution is -2.26. The Balaban J connectivity index is 2.92. The van der Waals surface area contributed by atoms with Crippen molar-refractivity contribution < 1.29 is 4.74 Å². The smallest absolute Gasteiger partial charge is 0.323 e. The Bertz CT molecular complexity index is 428. The molecule has 0 spiro atoms. The SMILES string of the molecule is CCN(CCC#N)c1nc(N)nc(OC(C)C)n1. The van der Waals surface area contributed by atoms with E-state index < -0.39 is 0 Å². The topological polar surface area (TPSA) is 101 Å². The molecular formula is C11H18N6O. The van der Waals surface area contributed by atoms with Gasteiger partial charge in [-0.3, -0.25) is 0 Å². The van der Waals surface area contributed by atoms with Gasteiger partial charge in [-0.25, -0.2) is 0 Å². The fraction of sp³-hybridized carbons (Fsp3) is 0.636. The van der Waals surface area contributed by atoms with E-state index in [1.807, 2.05) is 25.7 Å². The normalized spacial score (nSPS) is 10.2. The largest absolute Gasteiger partial charge is 0.461 e. The Hall–Kier alpha value is -2.10. The van der Waals surface area contributed by atoms with Gasteiger partial charge in [0.05, 0.1) is 18.6 Å². The molecule has 2 N–H and O–H groups in total. The number of rotatable bonds is 6. The first-order chi connectivity index (χ1) is 8.56. The van der Waals surface area contributed by atoms with Crippen molar-refractivity contribution in [3.8, 4) is 12.1 Å². The first-order valence-corrected chi connectivity index (χ1v) is 5.87. The molecule has 0 aliphatic carbocycles. The molecule has 0 aromatic carbocycles. The maximum Gasteiger partial charge on any atom is 0.323 e. The van der Waals surface area contributed by atoms with Crippen LogP contribution in [0.15, 0.2) is 0 Å². The van der Waals surface area contributed by atoms with Crippen LogP contribution >= 0.6 is 0 Å². The van der Waals surface area contributed by atoms with Crippen molar-refractivity contribution in [2.75, 3.05) is 23.7 Å². The molecule has 1 aromatic rings. The molecule has 0 atom stereocenters. The van der Waals surface area contributed by atoms with Gasteiger partial charge in [-0.2, -0.15) is 20.2 Å². The Kier molecular flexibility index (Phi) is 5.11. The summed E-state index contributed by atoms with van der Waals surface area (Å²) in [4.78, 5) is 14.0. The van der Waals surface area contributed by atoms with Gasteiger partial charge in [-0.15, -0.1) is 0 Å². The fourth-order valence-corrected chi connectivity index (χ4v) is 1.35. The number of anilines is 2. The summed E-state index contributed by atoms with van der Waals surface area (Å²) in [5.74, 6) is 0.557. The minimum Gasteiger partial charge on any atom is -0.461 e. The van der Waals surface area contributed by atoms with E-state index in [0.29, 0.717) is 25.5 Å². The maximum absolute atomic E-state index is 8.61. The van der Waals surface area contributed by atoms with Gasteiger partial charge >= 0.3 is 6.01 Å². The lowest BCUT2D eigenvalue weighted by molar-refractivity contribution is 0.222. The molecule has 0 aliphatic rings. The number of nitrogens with two attached hydrogens (primary N) is 1. The van der Waals surface area contributed by atoms with Crippen molar-refractivity contribution in [3.63, 3.8) is 0 Å². The second-order valence-corrected chi connectivity index (χ2v) is 3.93. The lowest BCUT2D eigenvalue weighted by atomic mass is 10.4. The van der Waals surface area contributed by atoms with Gasteiger partial charge in [0, 0.05) is 13.1 Å². The standard InChI is InChI=1S/C11H18N6O/c1-4-17(7-5-6-12)10-14-9(13)15-11(16-10)18-8(2)3/h8H,4-5,7H2,1-3H3,(H2,13,14,15,16). The molecule has 0 unspecified atom stereocenters. The van der Waals surface area contributed by atoms with Crippen LogP contribution in [0.25, 0.3) is 0 Å². The third kappa shape index (κ3) is 4.05. The van der Waals surface area contributed by atoms with E-state index in [4.69, 9.17) is 15.7 Å². The number of aromatic nitrogens is 3. The van der Waals surface area contributed by atoms with E-state index in [9.17, 15) is 0 Å². The molecule has 18 heavy (non-hydrogen) atoms. The summed E-state index contributed by atoms with van der Waals surface area (Å²) in [7, 11) is 0. The van der Waals surface area contributed by atoms with Gasteiger partial charge in [-0.05, 0) is 20.8 Å². The zero-order valence-electron chi connectivity index (χ0n) is 10.9. The van der Waals surface area contributed by atoms with Gasteiger partial charge in [-0.1, -0.05) is 0 Å². The van der Waals surface area contributed by atoms with Crippen LogP contribution in [0, 0.1) is 11.3 Å². The number of hydrogen-bond donors (Lipinski definition) is 1. The van der Waals surface area contributed by atoms with Gasteiger partial charge in [0.1, 0.15) is 0 Å². The third-order valence-corrected chi connectivity index (χ3v) is 2.12. The molecule has 7 heteroatoms. The maximum atomic E-state index is 8.61. The Morgan fingerprint density at radius 2 is 2.11 bits per heavy atom. The summed E-state index contributed by atoms with van der Waals surface area (Å²) in [6, 6.07) is 2.30. The van der Waals surface area contributed by atoms with Crippen molar-refractivity contribution in [2.24, 2.45) is 0 Å². The van der Waals surface area contributed by atoms with Crippen LogP contribution in [0.3, 0.4) is 0 Å². The molecule has 7 nitrogen and oxygen atoms in total. The van der Waals surface area contributed by atoms with Crippen molar-refractivity contribution in [1.29, 1.82) is 5.26 Å². The number of hydrogen-bond acceptors (Lipinski definition) is 7. The first kappa shape index (κ1) is 14.0.